The average molecular weight is 449 g/mol. The van der Waals surface area contributed by atoms with E-state index in [-0.39, 0.29) is 5.41 Å². The van der Waals surface area contributed by atoms with Crippen molar-refractivity contribution < 1.29 is 0 Å². The van der Waals surface area contributed by atoms with Gasteiger partial charge in [-0.05, 0) is 63.4 Å². The normalized spacial score (nSPS) is 13.7. The van der Waals surface area contributed by atoms with E-state index in [0.717, 1.165) is 33.5 Å². The van der Waals surface area contributed by atoms with Crippen molar-refractivity contribution in [2.24, 2.45) is 0 Å². The lowest BCUT2D eigenvalue weighted by molar-refractivity contribution is 0.661. The number of rotatable bonds is 2. The topological polar surface area (TPSA) is 25.8 Å². The number of nitrogens with zero attached hydrogens (tertiary/aromatic N) is 2. The SMILES string of the molecule is CC1(C)c2ccccc2-c2cc3ccc(-c4nc5ccccc5nc4-c4ccccc4)cc3cc21. The minimum atomic E-state index is -0.0198. The molecular formula is C33H24N2. The van der Waals surface area contributed by atoms with Crippen LogP contribution in [-0.2, 0) is 5.41 Å². The van der Waals surface area contributed by atoms with Crippen molar-refractivity contribution in [1.82, 2.24) is 9.97 Å². The van der Waals surface area contributed by atoms with Gasteiger partial charge in [0.25, 0.3) is 0 Å². The van der Waals surface area contributed by atoms with Crippen molar-refractivity contribution in [3.63, 3.8) is 0 Å². The van der Waals surface area contributed by atoms with Crippen LogP contribution in [0.15, 0.2) is 109 Å². The fourth-order valence-electron chi connectivity index (χ4n) is 5.59. The average Bonchev–Trinajstić information content (AvgIpc) is 3.13. The monoisotopic (exact) mass is 448 g/mol. The molecule has 1 aliphatic carbocycles. The van der Waals surface area contributed by atoms with Crippen molar-refractivity contribution >= 4 is 21.8 Å². The fraction of sp³-hybridized carbons (Fsp3) is 0.0909. The lowest BCUT2D eigenvalue weighted by Crippen LogP contribution is -2.14. The van der Waals surface area contributed by atoms with Crippen LogP contribution >= 0.6 is 0 Å². The second kappa shape index (κ2) is 7.35. The van der Waals surface area contributed by atoms with Gasteiger partial charge < -0.3 is 0 Å². The summed E-state index contributed by atoms with van der Waals surface area (Å²) in [6.07, 6.45) is 0. The molecule has 0 amide bonds. The summed E-state index contributed by atoms with van der Waals surface area (Å²) in [6.45, 7) is 4.66. The van der Waals surface area contributed by atoms with E-state index in [9.17, 15) is 0 Å². The summed E-state index contributed by atoms with van der Waals surface area (Å²) in [6, 6.07) is 38.7. The first kappa shape index (κ1) is 20.1. The Morgan fingerprint density at radius 1 is 0.486 bits per heavy atom. The van der Waals surface area contributed by atoms with Crippen molar-refractivity contribution in [3.8, 4) is 33.6 Å². The van der Waals surface area contributed by atoms with Crippen LogP contribution < -0.4 is 0 Å². The number of para-hydroxylation sites is 2. The first-order valence-corrected chi connectivity index (χ1v) is 12.1. The smallest absolute Gasteiger partial charge is 0.0973 e. The predicted octanol–water partition coefficient (Wildman–Crippen LogP) is 8.42. The van der Waals surface area contributed by atoms with Crippen molar-refractivity contribution in [2.75, 3.05) is 0 Å². The van der Waals surface area contributed by atoms with Gasteiger partial charge in [-0.2, -0.15) is 0 Å². The quantitative estimate of drug-likeness (QED) is 0.266. The van der Waals surface area contributed by atoms with E-state index < -0.39 is 0 Å². The Labute approximate surface area is 204 Å². The van der Waals surface area contributed by atoms with Gasteiger partial charge in [0.15, 0.2) is 0 Å². The van der Waals surface area contributed by atoms with E-state index in [1.54, 1.807) is 0 Å². The molecule has 6 aromatic rings. The third kappa shape index (κ3) is 3.03. The number of hydrogen-bond donors (Lipinski definition) is 0. The molecule has 5 aromatic carbocycles. The van der Waals surface area contributed by atoms with Gasteiger partial charge in [-0.1, -0.05) is 92.7 Å². The fourth-order valence-corrected chi connectivity index (χ4v) is 5.59. The third-order valence-corrected chi connectivity index (χ3v) is 7.43. The first-order chi connectivity index (χ1) is 17.1. The highest BCUT2D eigenvalue weighted by atomic mass is 14.8. The summed E-state index contributed by atoms with van der Waals surface area (Å²) in [5.41, 5.74) is 11.3. The van der Waals surface area contributed by atoms with E-state index >= 15 is 0 Å². The van der Waals surface area contributed by atoms with E-state index in [4.69, 9.17) is 9.97 Å². The van der Waals surface area contributed by atoms with Crippen LogP contribution in [-0.4, -0.2) is 9.97 Å². The largest absolute Gasteiger partial charge is 0.244 e. The Kier molecular flexibility index (Phi) is 4.22. The Morgan fingerprint density at radius 3 is 1.91 bits per heavy atom. The second-order valence-corrected chi connectivity index (χ2v) is 9.91. The molecule has 35 heavy (non-hydrogen) atoms. The molecule has 0 unspecified atom stereocenters. The van der Waals surface area contributed by atoms with Crippen molar-refractivity contribution in [2.45, 2.75) is 19.3 Å². The zero-order valence-electron chi connectivity index (χ0n) is 19.8. The predicted molar refractivity (Wildman–Crippen MR) is 145 cm³/mol. The Hall–Kier alpha value is -4.30. The summed E-state index contributed by atoms with van der Waals surface area (Å²) < 4.78 is 0. The Morgan fingerprint density at radius 2 is 1.14 bits per heavy atom. The van der Waals surface area contributed by atoms with Crippen LogP contribution in [0.4, 0.5) is 0 Å². The van der Waals surface area contributed by atoms with Gasteiger partial charge >= 0.3 is 0 Å². The maximum absolute atomic E-state index is 5.10. The molecule has 0 radical (unpaired) electrons. The van der Waals surface area contributed by atoms with Crippen LogP contribution in [0.2, 0.25) is 0 Å². The van der Waals surface area contributed by atoms with Crippen molar-refractivity contribution in [3.05, 3.63) is 120 Å². The standard InChI is InChI=1S/C33H24N2/c1-33(2)27-13-7-6-12-25(27)26-19-22-16-17-23(18-24(22)20-28(26)33)32-31(21-10-4-3-5-11-21)34-29-14-8-9-15-30(29)35-32/h3-20H,1-2H3. The van der Waals surface area contributed by atoms with Gasteiger partial charge in [-0.15, -0.1) is 0 Å². The summed E-state index contributed by atoms with van der Waals surface area (Å²) >= 11 is 0. The molecule has 1 aliphatic rings. The third-order valence-electron chi connectivity index (χ3n) is 7.43. The molecule has 2 heteroatoms. The van der Waals surface area contributed by atoms with E-state index in [0.29, 0.717) is 0 Å². The van der Waals surface area contributed by atoms with Crippen LogP contribution in [0.3, 0.4) is 0 Å². The number of hydrogen-bond acceptors (Lipinski definition) is 2. The lowest BCUT2D eigenvalue weighted by Gasteiger charge is -2.21. The second-order valence-electron chi connectivity index (χ2n) is 9.91. The maximum Gasteiger partial charge on any atom is 0.0973 e. The molecule has 0 saturated heterocycles. The van der Waals surface area contributed by atoms with Crippen molar-refractivity contribution in [1.29, 1.82) is 0 Å². The highest BCUT2D eigenvalue weighted by molar-refractivity contribution is 5.96. The molecule has 0 N–H and O–H groups in total. The summed E-state index contributed by atoms with van der Waals surface area (Å²) in [4.78, 5) is 10.1. The molecular weight excluding hydrogens is 424 g/mol. The van der Waals surface area contributed by atoms with Crippen LogP contribution in [0, 0.1) is 0 Å². The van der Waals surface area contributed by atoms with Gasteiger partial charge in [0.1, 0.15) is 0 Å². The summed E-state index contributed by atoms with van der Waals surface area (Å²) in [7, 11) is 0. The Bertz CT molecular complexity index is 1760. The summed E-state index contributed by atoms with van der Waals surface area (Å²) in [5.74, 6) is 0. The Balaban J connectivity index is 1.46. The number of fused-ring (bicyclic) bond motifs is 5. The summed E-state index contributed by atoms with van der Waals surface area (Å²) in [5, 5.41) is 2.48. The molecule has 1 heterocycles. The van der Waals surface area contributed by atoms with E-state index in [1.165, 1.54) is 33.0 Å². The first-order valence-electron chi connectivity index (χ1n) is 12.1. The molecule has 2 nitrogen and oxygen atoms in total. The molecule has 0 spiro atoms. The zero-order chi connectivity index (χ0) is 23.6. The molecule has 0 fully saturated rings. The van der Waals surface area contributed by atoms with Crippen LogP contribution in [0.25, 0.3) is 55.4 Å². The van der Waals surface area contributed by atoms with Crippen LogP contribution in [0.1, 0.15) is 25.0 Å². The van der Waals surface area contributed by atoms with Crippen LogP contribution in [0.5, 0.6) is 0 Å². The van der Waals surface area contributed by atoms with Gasteiger partial charge in [0, 0.05) is 16.5 Å². The lowest BCUT2D eigenvalue weighted by atomic mass is 9.82. The highest BCUT2D eigenvalue weighted by Crippen LogP contribution is 2.49. The van der Waals surface area contributed by atoms with Gasteiger partial charge in [-0.3, -0.25) is 0 Å². The zero-order valence-corrected chi connectivity index (χ0v) is 19.8. The number of benzene rings is 5. The maximum atomic E-state index is 5.10. The minimum Gasteiger partial charge on any atom is -0.244 e. The van der Waals surface area contributed by atoms with Gasteiger partial charge in [0.2, 0.25) is 0 Å². The molecule has 0 saturated carbocycles. The van der Waals surface area contributed by atoms with E-state index in [2.05, 4.69) is 92.7 Å². The van der Waals surface area contributed by atoms with Gasteiger partial charge in [-0.25, -0.2) is 9.97 Å². The number of aromatic nitrogens is 2. The van der Waals surface area contributed by atoms with Gasteiger partial charge in [0.05, 0.1) is 22.4 Å². The molecule has 1 aromatic heterocycles. The molecule has 0 aliphatic heterocycles. The molecule has 7 rings (SSSR count). The van der Waals surface area contributed by atoms with E-state index in [1.807, 2.05) is 30.3 Å². The highest BCUT2D eigenvalue weighted by Gasteiger charge is 2.35. The molecule has 0 bridgehead atoms. The molecule has 0 atom stereocenters. The minimum absolute atomic E-state index is 0.0198. The molecule has 166 valence electrons.